The molecule has 0 saturated heterocycles. The number of phenols is 1. The van der Waals surface area contributed by atoms with Crippen LogP contribution >= 0.6 is 0 Å². The SMILES string of the molecule is COc1cc(C(=O)C(=O)O)c(C=O)cc1O. The lowest BCUT2D eigenvalue weighted by molar-refractivity contribution is -0.131. The molecule has 6 heteroatoms. The van der Waals surface area contributed by atoms with Gasteiger partial charge < -0.3 is 14.9 Å². The first-order valence-corrected chi connectivity index (χ1v) is 4.15. The second-order valence-electron chi connectivity index (χ2n) is 2.86. The lowest BCUT2D eigenvalue weighted by atomic mass is 10.0. The lowest BCUT2D eigenvalue weighted by Crippen LogP contribution is -2.15. The van der Waals surface area contributed by atoms with Crippen LogP contribution in [0.3, 0.4) is 0 Å². The fourth-order valence-electron chi connectivity index (χ4n) is 1.16. The second kappa shape index (κ2) is 4.43. The van der Waals surface area contributed by atoms with Crippen molar-refractivity contribution in [2.75, 3.05) is 7.11 Å². The third-order valence-electron chi connectivity index (χ3n) is 1.92. The van der Waals surface area contributed by atoms with E-state index in [1.807, 2.05) is 0 Å². The molecule has 0 heterocycles. The smallest absolute Gasteiger partial charge is 0.377 e. The van der Waals surface area contributed by atoms with Gasteiger partial charge in [0.1, 0.15) is 0 Å². The monoisotopic (exact) mass is 224 g/mol. The van der Waals surface area contributed by atoms with Crippen LogP contribution in [0.4, 0.5) is 0 Å². The van der Waals surface area contributed by atoms with Gasteiger partial charge in [-0.05, 0) is 12.1 Å². The van der Waals surface area contributed by atoms with Crippen molar-refractivity contribution in [2.45, 2.75) is 0 Å². The number of rotatable bonds is 4. The van der Waals surface area contributed by atoms with Gasteiger partial charge in [-0.1, -0.05) is 0 Å². The number of phenolic OH excluding ortho intramolecular Hbond substituents is 1. The van der Waals surface area contributed by atoms with Gasteiger partial charge in [-0.15, -0.1) is 0 Å². The molecular weight excluding hydrogens is 216 g/mol. The van der Waals surface area contributed by atoms with E-state index in [9.17, 15) is 19.5 Å². The molecule has 0 aliphatic heterocycles. The molecule has 0 radical (unpaired) electrons. The van der Waals surface area contributed by atoms with Crippen molar-refractivity contribution in [3.05, 3.63) is 23.3 Å². The van der Waals surface area contributed by atoms with Crippen LogP contribution in [0.25, 0.3) is 0 Å². The zero-order valence-electron chi connectivity index (χ0n) is 8.26. The van der Waals surface area contributed by atoms with Gasteiger partial charge in [-0.3, -0.25) is 9.59 Å². The Labute approximate surface area is 90.1 Å². The number of hydrogen-bond donors (Lipinski definition) is 2. The number of aromatic hydroxyl groups is 1. The number of Topliss-reactive ketones (excluding diaryl/α,β-unsaturated/α-hetero) is 1. The number of carboxylic acid groups (broad SMARTS) is 1. The molecule has 0 spiro atoms. The summed E-state index contributed by atoms with van der Waals surface area (Å²) >= 11 is 0. The van der Waals surface area contributed by atoms with Crippen LogP contribution in [0.2, 0.25) is 0 Å². The number of ether oxygens (including phenoxy) is 1. The first-order chi connectivity index (χ1) is 7.51. The number of aldehydes is 1. The van der Waals surface area contributed by atoms with Gasteiger partial charge in [0.05, 0.1) is 7.11 Å². The Hall–Kier alpha value is -2.37. The number of hydrogen-bond acceptors (Lipinski definition) is 5. The highest BCUT2D eigenvalue weighted by Crippen LogP contribution is 2.29. The molecule has 0 aliphatic carbocycles. The Bertz CT molecular complexity index is 463. The molecule has 0 fully saturated rings. The topological polar surface area (TPSA) is 101 Å². The van der Waals surface area contributed by atoms with Crippen LogP contribution in [-0.2, 0) is 4.79 Å². The zero-order valence-corrected chi connectivity index (χ0v) is 8.26. The average molecular weight is 224 g/mol. The third kappa shape index (κ3) is 2.00. The van der Waals surface area contributed by atoms with Crippen LogP contribution in [-0.4, -0.2) is 35.4 Å². The summed E-state index contributed by atoms with van der Waals surface area (Å²) in [6.45, 7) is 0. The summed E-state index contributed by atoms with van der Waals surface area (Å²) in [6.07, 6.45) is 0.287. The number of ketones is 1. The first-order valence-electron chi connectivity index (χ1n) is 4.15. The fraction of sp³-hybridized carbons (Fsp3) is 0.100. The van der Waals surface area contributed by atoms with E-state index in [1.165, 1.54) is 7.11 Å². The quantitative estimate of drug-likeness (QED) is 0.438. The predicted molar refractivity (Wildman–Crippen MR) is 52.0 cm³/mol. The summed E-state index contributed by atoms with van der Waals surface area (Å²) in [7, 11) is 1.24. The average Bonchev–Trinajstić information content (AvgIpc) is 2.27. The normalized spacial score (nSPS) is 9.56. The number of carbonyl (C=O) groups excluding carboxylic acids is 2. The van der Waals surface area contributed by atoms with Crippen molar-refractivity contribution in [3.8, 4) is 11.5 Å². The molecule has 2 N–H and O–H groups in total. The van der Waals surface area contributed by atoms with Gasteiger partial charge in [-0.2, -0.15) is 0 Å². The van der Waals surface area contributed by atoms with E-state index < -0.39 is 11.8 Å². The summed E-state index contributed by atoms with van der Waals surface area (Å²) in [4.78, 5) is 32.3. The van der Waals surface area contributed by atoms with E-state index in [0.717, 1.165) is 12.1 Å². The minimum absolute atomic E-state index is 0.0739. The van der Waals surface area contributed by atoms with E-state index in [0.29, 0.717) is 0 Å². The van der Waals surface area contributed by atoms with Crippen molar-refractivity contribution < 1.29 is 29.3 Å². The van der Waals surface area contributed by atoms with Gasteiger partial charge in [0.2, 0.25) is 0 Å². The second-order valence-corrected chi connectivity index (χ2v) is 2.86. The van der Waals surface area contributed by atoms with Crippen LogP contribution in [0, 0.1) is 0 Å². The summed E-state index contributed by atoms with van der Waals surface area (Å²) in [5.41, 5.74) is -0.525. The van der Waals surface area contributed by atoms with E-state index in [4.69, 9.17) is 9.84 Å². The molecule has 0 bridgehead atoms. The first kappa shape index (κ1) is 11.7. The highest BCUT2D eigenvalue weighted by atomic mass is 16.5. The minimum Gasteiger partial charge on any atom is -0.504 e. The Morgan fingerprint density at radius 2 is 2.00 bits per heavy atom. The van der Waals surface area contributed by atoms with Gasteiger partial charge >= 0.3 is 5.97 Å². The fourth-order valence-corrected chi connectivity index (χ4v) is 1.16. The molecule has 0 aliphatic rings. The summed E-state index contributed by atoms with van der Waals surface area (Å²) < 4.78 is 4.70. The Balaban J connectivity index is 3.41. The van der Waals surface area contributed by atoms with E-state index >= 15 is 0 Å². The molecule has 1 aromatic rings. The van der Waals surface area contributed by atoms with Crippen LogP contribution in [0.1, 0.15) is 20.7 Å². The van der Waals surface area contributed by atoms with Gasteiger partial charge in [0.15, 0.2) is 17.8 Å². The number of carboxylic acids is 1. The summed E-state index contributed by atoms with van der Waals surface area (Å²) in [5, 5.41) is 17.8. The van der Waals surface area contributed by atoms with Crippen LogP contribution in [0.15, 0.2) is 12.1 Å². The molecule has 0 atom stereocenters. The van der Waals surface area contributed by atoms with Crippen molar-refractivity contribution in [1.29, 1.82) is 0 Å². The van der Waals surface area contributed by atoms with E-state index in [1.54, 1.807) is 0 Å². The number of carbonyl (C=O) groups is 3. The number of benzene rings is 1. The molecule has 0 saturated carbocycles. The molecular formula is C10H8O6. The lowest BCUT2D eigenvalue weighted by Gasteiger charge is -2.06. The van der Waals surface area contributed by atoms with E-state index in [2.05, 4.69) is 0 Å². The van der Waals surface area contributed by atoms with Crippen molar-refractivity contribution in [3.63, 3.8) is 0 Å². The van der Waals surface area contributed by atoms with Gasteiger partial charge in [0.25, 0.3) is 5.78 Å². The summed E-state index contributed by atoms with van der Waals surface area (Å²) in [6, 6.07) is 1.98. The number of methoxy groups -OCH3 is 1. The predicted octanol–water partition coefficient (Wildman–Crippen LogP) is 0.481. The molecule has 1 rings (SSSR count). The summed E-state index contributed by atoms with van der Waals surface area (Å²) in [5.74, 6) is -3.34. The molecule has 0 unspecified atom stereocenters. The van der Waals surface area contributed by atoms with Crippen LogP contribution < -0.4 is 4.74 Å². The highest BCUT2D eigenvalue weighted by Gasteiger charge is 2.21. The minimum atomic E-state index is -1.68. The van der Waals surface area contributed by atoms with Crippen LogP contribution in [0.5, 0.6) is 11.5 Å². The van der Waals surface area contributed by atoms with Crippen molar-refractivity contribution >= 4 is 18.0 Å². The molecule has 1 aromatic carbocycles. The Kier molecular flexibility index (Phi) is 3.24. The van der Waals surface area contributed by atoms with Gasteiger partial charge in [0, 0.05) is 11.1 Å². The maximum Gasteiger partial charge on any atom is 0.377 e. The largest absolute Gasteiger partial charge is 0.504 e. The molecule has 16 heavy (non-hydrogen) atoms. The van der Waals surface area contributed by atoms with E-state index in [-0.39, 0.29) is 28.9 Å². The van der Waals surface area contributed by atoms with Gasteiger partial charge in [-0.25, -0.2) is 4.79 Å². The molecule has 0 aromatic heterocycles. The molecule has 0 amide bonds. The number of aliphatic carboxylic acids is 1. The third-order valence-corrected chi connectivity index (χ3v) is 1.92. The molecule has 84 valence electrons. The van der Waals surface area contributed by atoms with Crippen molar-refractivity contribution in [2.24, 2.45) is 0 Å². The van der Waals surface area contributed by atoms with Crippen molar-refractivity contribution in [1.82, 2.24) is 0 Å². The highest BCUT2D eigenvalue weighted by molar-refractivity contribution is 6.41. The maximum absolute atomic E-state index is 11.2. The molecule has 6 nitrogen and oxygen atoms in total. The zero-order chi connectivity index (χ0) is 12.3. The Morgan fingerprint density at radius 1 is 1.38 bits per heavy atom. The maximum atomic E-state index is 11.2. The standard InChI is InChI=1S/C10H8O6/c1-16-8-3-6(9(13)10(14)15)5(4-11)2-7(8)12/h2-4,12H,1H3,(H,14,15). The Morgan fingerprint density at radius 3 is 2.44 bits per heavy atom.